The quantitative estimate of drug-likeness (QED) is 0.156. The Bertz CT molecular complexity index is 841. The number of halogens is 1. The molecule has 0 spiro atoms. The number of aliphatic hydroxyl groups excluding tert-OH is 2. The van der Waals surface area contributed by atoms with E-state index in [0.29, 0.717) is 31.0 Å². The molecule has 0 heterocycles. The van der Waals surface area contributed by atoms with E-state index in [2.05, 4.69) is 26.0 Å². The summed E-state index contributed by atoms with van der Waals surface area (Å²) in [5, 5.41) is 20.1. The van der Waals surface area contributed by atoms with Crippen molar-refractivity contribution in [2.45, 2.75) is 31.8 Å². The number of rotatable bonds is 13. The van der Waals surface area contributed by atoms with Crippen molar-refractivity contribution in [3.8, 4) is 11.5 Å². The fraction of sp³-hybridized carbons (Fsp3) is 0.417. The van der Waals surface area contributed by atoms with Crippen LogP contribution in [0.15, 0.2) is 60.4 Å². The minimum Gasteiger partial charge on any atom is -0.494 e. The van der Waals surface area contributed by atoms with Crippen LogP contribution < -0.4 is 21.1 Å². The van der Waals surface area contributed by atoms with Crippen LogP contribution in [0.1, 0.15) is 31.4 Å². The third kappa shape index (κ3) is 7.31. The van der Waals surface area contributed by atoms with E-state index in [0.717, 1.165) is 16.9 Å². The fourth-order valence-corrected chi connectivity index (χ4v) is 3.24. The van der Waals surface area contributed by atoms with Gasteiger partial charge in [-0.1, -0.05) is 38.1 Å². The first-order valence-corrected chi connectivity index (χ1v) is 11.1. The zero-order chi connectivity index (χ0) is 23.6. The van der Waals surface area contributed by atoms with Gasteiger partial charge in [-0.05, 0) is 35.4 Å². The number of aliphatic hydroxyl groups is 2. The van der Waals surface area contributed by atoms with Crippen LogP contribution in [0.3, 0.4) is 0 Å². The first kappa shape index (κ1) is 25.8. The van der Waals surface area contributed by atoms with Crippen molar-refractivity contribution in [3.05, 3.63) is 71.6 Å². The van der Waals surface area contributed by atoms with Gasteiger partial charge in [-0.25, -0.2) is 5.84 Å². The average Bonchev–Trinajstić information content (AvgIpc) is 2.81. The molecular weight excluding hydrogens is 430 g/mol. The molecule has 0 aliphatic heterocycles. The van der Waals surface area contributed by atoms with Crippen molar-refractivity contribution in [1.29, 1.82) is 0 Å². The molecule has 0 saturated carbocycles. The van der Waals surface area contributed by atoms with Gasteiger partial charge in [0.15, 0.2) is 0 Å². The Balaban J connectivity index is 1.90. The highest BCUT2D eigenvalue weighted by Crippen LogP contribution is 2.33. The third-order valence-electron chi connectivity index (χ3n) is 5.31. The average molecular weight is 464 g/mol. The van der Waals surface area contributed by atoms with Crippen molar-refractivity contribution in [2.24, 2.45) is 11.6 Å². The van der Waals surface area contributed by atoms with Gasteiger partial charge in [-0.2, -0.15) is 0 Å². The minimum absolute atomic E-state index is 0.145. The molecule has 0 fully saturated rings. The van der Waals surface area contributed by atoms with Gasteiger partial charge in [0.05, 0.1) is 24.8 Å². The van der Waals surface area contributed by atoms with Crippen LogP contribution in [0.4, 0.5) is 0 Å². The molecule has 0 amide bonds. The molecule has 32 heavy (non-hydrogen) atoms. The Hall–Kier alpha value is -2.45. The van der Waals surface area contributed by atoms with Gasteiger partial charge in [-0.15, -0.1) is 11.6 Å². The van der Waals surface area contributed by atoms with Gasteiger partial charge in [0.25, 0.3) is 0 Å². The summed E-state index contributed by atoms with van der Waals surface area (Å²) in [6.07, 6.45) is 1.31. The van der Waals surface area contributed by atoms with E-state index in [1.165, 1.54) is 11.2 Å². The van der Waals surface area contributed by atoms with E-state index in [4.69, 9.17) is 37.8 Å². The van der Waals surface area contributed by atoms with E-state index in [-0.39, 0.29) is 24.5 Å². The molecule has 2 aromatic rings. The number of nitrogens with two attached hydrogens (primary N) is 2. The SMILES string of the molecule is CC(C)(c1ccc(OCCCN(N)/C(=C\N)CO)cc1)c1ccc(OCC(O)CCl)cc1. The van der Waals surface area contributed by atoms with Crippen LogP contribution in [-0.2, 0) is 5.41 Å². The molecule has 0 aromatic heterocycles. The predicted molar refractivity (Wildman–Crippen MR) is 128 cm³/mol. The largest absolute Gasteiger partial charge is 0.494 e. The molecule has 8 heteroatoms. The molecule has 1 unspecified atom stereocenters. The lowest BCUT2D eigenvalue weighted by Crippen LogP contribution is -2.34. The van der Waals surface area contributed by atoms with Crippen molar-refractivity contribution >= 4 is 11.6 Å². The van der Waals surface area contributed by atoms with Gasteiger partial charge >= 0.3 is 0 Å². The van der Waals surface area contributed by atoms with Crippen LogP contribution in [0.5, 0.6) is 11.5 Å². The van der Waals surface area contributed by atoms with E-state index in [1.54, 1.807) is 0 Å². The topological polar surface area (TPSA) is 114 Å². The monoisotopic (exact) mass is 463 g/mol. The van der Waals surface area contributed by atoms with Crippen LogP contribution in [0.2, 0.25) is 0 Å². The second kappa shape index (κ2) is 12.6. The summed E-state index contributed by atoms with van der Waals surface area (Å²) in [5.41, 5.74) is 7.99. The molecule has 2 aromatic carbocycles. The molecule has 0 aliphatic carbocycles. The maximum Gasteiger partial charge on any atom is 0.119 e. The number of nitrogens with zero attached hydrogens (tertiary/aromatic N) is 1. The molecule has 7 nitrogen and oxygen atoms in total. The van der Waals surface area contributed by atoms with Gasteiger partial charge < -0.3 is 30.4 Å². The molecule has 6 N–H and O–H groups in total. The van der Waals surface area contributed by atoms with Crippen molar-refractivity contribution in [1.82, 2.24) is 5.01 Å². The highest BCUT2D eigenvalue weighted by molar-refractivity contribution is 6.18. The van der Waals surface area contributed by atoms with Crippen molar-refractivity contribution < 1.29 is 19.7 Å². The van der Waals surface area contributed by atoms with E-state index >= 15 is 0 Å². The molecular formula is C24H34ClN3O4. The maximum absolute atomic E-state index is 9.52. The molecule has 176 valence electrons. The summed E-state index contributed by atoms with van der Waals surface area (Å²) in [7, 11) is 0. The number of hydrazine groups is 1. The van der Waals surface area contributed by atoms with E-state index in [1.807, 2.05) is 36.4 Å². The lowest BCUT2D eigenvalue weighted by molar-refractivity contribution is 0.125. The summed E-state index contributed by atoms with van der Waals surface area (Å²) < 4.78 is 11.4. The van der Waals surface area contributed by atoms with Crippen molar-refractivity contribution in [3.63, 3.8) is 0 Å². The fourth-order valence-electron chi connectivity index (χ4n) is 3.15. The highest BCUT2D eigenvalue weighted by atomic mass is 35.5. The first-order valence-electron chi connectivity index (χ1n) is 10.6. The summed E-state index contributed by atoms with van der Waals surface area (Å²) in [6, 6.07) is 15.9. The zero-order valence-electron chi connectivity index (χ0n) is 18.7. The maximum atomic E-state index is 9.52. The molecule has 0 bridgehead atoms. The highest BCUT2D eigenvalue weighted by Gasteiger charge is 2.23. The number of ether oxygens (including phenoxy) is 2. The standard InChI is InChI=1S/C24H34ClN3O4/c1-24(2,19-6-10-23(11-7-19)32-17-21(30)14-25)18-4-8-22(9-5-18)31-13-3-12-28(27)20(15-26)16-29/h4-11,15,21,29-30H,3,12-14,16-17,26-27H2,1-2H3/b20-15-. The Kier molecular flexibility index (Phi) is 10.1. The number of hydrogen-bond donors (Lipinski definition) is 4. The van der Waals surface area contributed by atoms with Crippen LogP contribution >= 0.6 is 11.6 Å². The number of hydrogen-bond acceptors (Lipinski definition) is 7. The van der Waals surface area contributed by atoms with E-state index < -0.39 is 6.10 Å². The Labute approximate surface area is 195 Å². The zero-order valence-corrected chi connectivity index (χ0v) is 19.5. The summed E-state index contributed by atoms with van der Waals surface area (Å²) >= 11 is 5.59. The Morgan fingerprint density at radius 2 is 1.59 bits per heavy atom. The van der Waals surface area contributed by atoms with Gasteiger partial charge in [0.2, 0.25) is 0 Å². The smallest absolute Gasteiger partial charge is 0.119 e. The predicted octanol–water partition coefficient (Wildman–Crippen LogP) is 2.73. The minimum atomic E-state index is -0.677. The summed E-state index contributed by atoms with van der Waals surface area (Å²) in [6.45, 7) is 5.32. The van der Waals surface area contributed by atoms with Crippen LogP contribution in [0, 0.1) is 0 Å². The third-order valence-corrected chi connectivity index (χ3v) is 5.66. The molecule has 2 rings (SSSR count). The van der Waals surface area contributed by atoms with Gasteiger partial charge in [-0.3, -0.25) is 0 Å². The normalized spacial score (nSPS) is 13.0. The molecule has 0 radical (unpaired) electrons. The molecule has 0 saturated heterocycles. The van der Waals surface area contributed by atoms with Gasteiger partial charge in [0.1, 0.15) is 24.2 Å². The Morgan fingerprint density at radius 3 is 2.06 bits per heavy atom. The first-order chi connectivity index (χ1) is 15.3. The van der Waals surface area contributed by atoms with Gasteiger partial charge in [0, 0.05) is 24.6 Å². The summed E-state index contributed by atoms with van der Waals surface area (Å²) in [4.78, 5) is 0. The summed E-state index contributed by atoms with van der Waals surface area (Å²) in [5.74, 6) is 7.46. The number of alkyl halides is 1. The number of benzene rings is 2. The lowest BCUT2D eigenvalue weighted by Gasteiger charge is -2.26. The molecule has 0 aliphatic rings. The molecule has 1 atom stereocenters. The van der Waals surface area contributed by atoms with E-state index in [9.17, 15) is 5.11 Å². The Morgan fingerprint density at radius 1 is 1.06 bits per heavy atom. The van der Waals surface area contributed by atoms with Crippen LogP contribution in [-0.4, -0.2) is 53.6 Å². The lowest BCUT2D eigenvalue weighted by atomic mass is 9.78. The van der Waals surface area contributed by atoms with Crippen molar-refractivity contribution in [2.75, 3.05) is 32.2 Å². The second-order valence-corrected chi connectivity index (χ2v) is 8.31. The van der Waals surface area contributed by atoms with Crippen LogP contribution in [0.25, 0.3) is 0 Å². The second-order valence-electron chi connectivity index (χ2n) is 8.00.